The Morgan fingerprint density at radius 3 is 1.76 bits per heavy atom. The molecular weight excluding hydrogens is 572 g/mol. The first-order valence-electron chi connectivity index (χ1n) is 13.3. The molecule has 0 bridgehead atoms. The minimum atomic E-state index is -4.13. The van der Waals surface area contributed by atoms with Crippen molar-refractivity contribution in [3.63, 3.8) is 0 Å². The Kier molecular flexibility index (Phi) is 8.69. The molecule has 1 heterocycles. The molecule has 1 atom stereocenters. The van der Waals surface area contributed by atoms with Gasteiger partial charge in [0.05, 0.1) is 16.9 Å². The van der Waals surface area contributed by atoms with Gasteiger partial charge in [0.2, 0.25) is 20.0 Å². The molecule has 0 aliphatic carbocycles. The molecular formula is C32H30N2O6S2. The second-order valence-electron chi connectivity index (χ2n) is 9.72. The van der Waals surface area contributed by atoms with Crippen LogP contribution < -0.4 is 0 Å². The van der Waals surface area contributed by atoms with E-state index in [-0.39, 0.29) is 29.4 Å². The summed E-state index contributed by atoms with van der Waals surface area (Å²) in [5.41, 5.74) is 3.62. The van der Waals surface area contributed by atoms with Crippen molar-refractivity contribution in [2.24, 2.45) is 0 Å². The van der Waals surface area contributed by atoms with E-state index in [0.717, 1.165) is 38.0 Å². The van der Waals surface area contributed by atoms with Crippen molar-refractivity contribution < 1.29 is 26.4 Å². The summed E-state index contributed by atoms with van der Waals surface area (Å²) in [6, 6.07) is 30.7. The first-order chi connectivity index (χ1) is 20.2. The number of hydrogen-bond donors (Lipinski definition) is 0. The fourth-order valence-electron chi connectivity index (χ4n) is 4.82. The summed E-state index contributed by atoms with van der Waals surface area (Å²) in [6.45, 7) is -0.695. The highest BCUT2D eigenvalue weighted by Gasteiger charge is 2.44. The standard InChI is InChI=1S/C32H30N2O6S2/c1-40-32(35)31-24-33(41(36,37)29-20-16-28(17-21-29)27-10-6-3-7-11-27)22-23-34(31)42(38,39)30-18-14-26(15-19-30)13-12-25-8-4-2-5-9-25/h2-21,31H,22-24H2,1H3/b13-12+. The molecule has 0 N–H and O–H groups in total. The van der Waals surface area contributed by atoms with Crippen LogP contribution in [0.1, 0.15) is 11.1 Å². The normalized spacial score (nSPS) is 16.8. The van der Waals surface area contributed by atoms with Gasteiger partial charge in [0.1, 0.15) is 6.04 Å². The summed E-state index contributed by atoms with van der Waals surface area (Å²) in [6.07, 6.45) is 3.80. The number of carbonyl (C=O) groups excluding carboxylic acids is 1. The summed E-state index contributed by atoms with van der Waals surface area (Å²) in [4.78, 5) is 12.8. The third kappa shape index (κ3) is 6.22. The lowest BCUT2D eigenvalue weighted by atomic mass is 10.1. The molecule has 1 aliphatic rings. The zero-order valence-electron chi connectivity index (χ0n) is 22.9. The van der Waals surface area contributed by atoms with Crippen molar-refractivity contribution in [2.45, 2.75) is 15.8 Å². The smallest absolute Gasteiger partial charge is 0.325 e. The first-order valence-corrected chi connectivity index (χ1v) is 16.2. The summed E-state index contributed by atoms with van der Waals surface area (Å²) in [7, 11) is -6.99. The fraction of sp³-hybridized carbons (Fsp3) is 0.156. The number of nitrogens with zero attached hydrogens (tertiary/aromatic N) is 2. The predicted molar refractivity (Wildman–Crippen MR) is 162 cm³/mol. The van der Waals surface area contributed by atoms with Gasteiger partial charge in [-0.3, -0.25) is 4.79 Å². The van der Waals surface area contributed by atoms with Gasteiger partial charge in [-0.15, -0.1) is 0 Å². The van der Waals surface area contributed by atoms with Gasteiger partial charge in [-0.25, -0.2) is 16.8 Å². The van der Waals surface area contributed by atoms with Crippen LogP contribution in [0.2, 0.25) is 0 Å². The van der Waals surface area contributed by atoms with Crippen LogP contribution in [0.25, 0.3) is 23.3 Å². The zero-order valence-corrected chi connectivity index (χ0v) is 24.5. The van der Waals surface area contributed by atoms with Crippen molar-refractivity contribution >= 4 is 38.2 Å². The van der Waals surface area contributed by atoms with Crippen molar-refractivity contribution in [3.05, 3.63) is 120 Å². The van der Waals surface area contributed by atoms with Gasteiger partial charge in [-0.05, 0) is 46.5 Å². The van der Waals surface area contributed by atoms with E-state index in [1.807, 2.05) is 72.8 Å². The minimum Gasteiger partial charge on any atom is -0.468 e. The topological polar surface area (TPSA) is 101 Å². The van der Waals surface area contributed by atoms with E-state index in [9.17, 15) is 21.6 Å². The lowest BCUT2D eigenvalue weighted by Gasteiger charge is -2.38. The number of rotatable bonds is 8. The Bertz CT molecular complexity index is 1770. The SMILES string of the molecule is COC(=O)C1CN(S(=O)(=O)c2ccc(-c3ccccc3)cc2)CCN1S(=O)(=O)c1ccc(/C=C/c2ccccc2)cc1. The highest BCUT2D eigenvalue weighted by Crippen LogP contribution is 2.28. The van der Waals surface area contributed by atoms with Crippen LogP contribution in [-0.2, 0) is 29.6 Å². The van der Waals surface area contributed by atoms with Gasteiger partial charge in [0, 0.05) is 19.6 Å². The van der Waals surface area contributed by atoms with Gasteiger partial charge >= 0.3 is 5.97 Å². The Balaban J connectivity index is 1.35. The van der Waals surface area contributed by atoms with Gasteiger partial charge in [0.25, 0.3) is 0 Å². The van der Waals surface area contributed by atoms with Gasteiger partial charge in [-0.1, -0.05) is 97.1 Å². The molecule has 1 aliphatic heterocycles. The molecule has 216 valence electrons. The Morgan fingerprint density at radius 2 is 1.17 bits per heavy atom. The van der Waals surface area contributed by atoms with E-state index < -0.39 is 32.1 Å². The third-order valence-electron chi connectivity index (χ3n) is 7.12. The van der Waals surface area contributed by atoms with E-state index in [1.54, 1.807) is 24.3 Å². The number of sulfonamides is 2. The fourth-order valence-corrected chi connectivity index (χ4v) is 7.82. The molecule has 42 heavy (non-hydrogen) atoms. The van der Waals surface area contributed by atoms with Gasteiger partial charge < -0.3 is 4.74 Å². The van der Waals surface area contributed by atoms with E-state index in [0.29, 0.717) is 0 Å². The molecule has 5 rings (SSSR count). The van der Waals surface area contributed by atoms with Crippen LogP contribution in [0, 0.1) is 0 Å². The lowest BCUT2D eigenvalue weighted by molar-refractivity contribution is -0.146. The monoisotopic (exact) mass is 602 g/mol. The number of ether oxygens (including phenoxy) is 1. The highest BCUT2D eigenvalue weighted by atomic mass is 32.2. The highest BCUT2D eigenvalue weighted by molar-refractivity contribution is 7.89. The molecule has 8 nitrogen and oxygen atoms in total. The van der Waals surface area contributed by atoms with E-state index in [2.05, 4.69) is 0 Å². The summed E-state index contributed by atoms with van der Waals surface area (Å²) >= 11 is 0. The van der Waals surface area contributed by atoms with Gasteiger partial charge in [-0.2, -0.15) is 8.61 Å². The number of esters is 1. The zero-order chi connectivity index (χ0) is 29.7. The van der Waals surface area contributed by atoms with E-state index in [4.69, 9.17) is 4.74 Å². The maximum Gasteiger partial charge on any atom is 0.325 e. The van der Waals surface area contributed by atoms with Crippen LogP contribution in [0.5, 0.6) is 0 Å². The van der Waals surface area contributed by atoms with Crippen LogP contribution >= 0.6 is 0 Å². The van der Waals surface area contributed by atoms with Crippen molar-refractivity contribution in [3.8, 4) is 11.1 Å². The number of methoxy groups -OCH3 is 1. The second-order valence-corrected chi connectivity index (χ2v) is 13.5. The van der Waals surface area contributed by atoms with Crippen LogP contribution in [0.3, 0.4) is 0 Å². The molecule has 0 saturated carbocycles. The number of piperazine rings is 1. The van der Waals surface area contributed by atoms with Crippen LogP contribution in [0.4, 0.5) is 0 Å². The molecule has 1 unspecified atom stereocenters. The van der Waals surface area contributed by atoms with Crippen LogP contribution in [-0.4, -0.2) is 64.2 Å². The molecule has 1 saturated heterocycles. The third-order valence-corrected chi connectivity index (χ3v) is 10.9. The lowest BCUT2D eigenvalue weighted by Crippen LogP contribution is -2.59. The van der Waals surface area contributed by atoms with Crippen LogP contribution in [0.15, 0.2) is 119 Å². The molecule has 0 aromatic heterocycles. The maximum atomic E-state index is 13.6. The van der Waals surface area contributed by atoms with Crippen molar-refractivity contribution in [1.29, 1.82) is 0 Å². The Labute approximate surface area is 246 Å². The Morgan fingerprint density at radius 1 is 0.667 bits per heavy atom. The molecule has 1 fully saturated rings. The summed E-state index contributed by atoms with van der Waals surface area (Å²) < 4.78 is 61.4. The largest absolute Gasteiger partial charge is 0.468 e. The number of hydrogen-bond acceptors (Lipinski definition) is 6. The average molecular weight is 603 g/mol. The average Bonchev–Trinajstić information content (AvgIpc) is 3.04. The maximum absolute atomic E-state index is 13.6. The molecule has 10 heteroatoms. The van der Waals surface area contributed by atoms with Crippen molar-refractivity contribution in [2.75, 3.05) is 26.7 Å². The van der Waals surface area contributed by atoms with Crippen molar-refractivity contribution in [1.82, 2.24) is 8.61 Å². The van der Waals surface area contributed by atoms with Gasteiger partial charge in [0.15, 0.2) is 0 Å². The minimum absolute atomic E-state index is 0.000993. The molecule has 4 aromatic rings. The molecule has 0 spiro atoms. The van der Waals surface area contributed by atoms with E-state index in [1.165, 1.54) is 24.3 Å². The first kappa shape index (κ1) is 29.4. The van der Waals surface area contributed by atoms with E-state index >= 15 is 0 Å². The quantitative estimate of drug-likeness (QED) is 0.213. The molecule has 0 amide bonds. The Hall–Kier alpha value is -4.09. The number of carbonyl (C=O) groups is 1. The summed E-state index contributed by atoms with van der Waals surface area (Å²) in [5, 5.41) is 0. The number of benzene rings is 4. The molecule has 4 aromatic carbocycles. The molecule has 0 radical (unpaired) electrons. The predicted octanol–water partition coefficient (Wildman–Crippen LogP) is 4.76. The second kappa shape index (κ2) is 12.4. The summed E-state index contributed by atoms with van der Waals surface area (Å²) in [5.74, 6) is -0.833.